The van der Waals surface area contributed by atoms with Crippen LogP contribution < -0.4 is 14.5 Å². The number of halogens is 4. The Morgan fingerprint density at radius 1 is 1.00 bits per heavy atom. The van der Waals surface area contributed by atoms with Crippen LogP contribution in [0.5, 0.6) is 5.75 Å². The number of benzene rings is 3. The zero-order valence-corrected chi connectivity index (χ0v) is 20.8. The molecule has 1 heterocycles. The lowest BCUT2D eigenvalue weighted by Gasteiger charge is -2.26. The van der Waals surface area contributed by atoms with E-state index in [0.717, 1.165) is 34.9 Å². The van der Waals surface area contributed by atoms with E-state index < -0.39 is 35.2 Å². The molecule has 0 aromatic heterocycles. The number of carbonyl (C=O) groups is 2. The minimum Gasteiger partial charge on any atom is -0.507 e. The van der Waals surface area contributed by atoms with Crippen LogP contribution in [0.25, 0.3) is 5.76 Å². The smallest absolute Gasteiger partial charge is 0.416 e. The minimum atomic E-state index is -4.57. The molecular formula is C27H22ClF3N2O4. The van der Waals surface area contributed by atoms with Crippen LogP contribution in [0.4, 0.5) is 24.5 Å². The number of ether oxygens (including phenoxy) is 1. The highest BCUT2D eigenvalue weighted by atomic mass is 35.5. The number of hydrogen-bond donors (Lipinski definition) is 1. The average Bonchev–Trinajstić information content (AvgIpc) is 3.13. The molecule has 1 aliphatic heterocycles. The highest BCUT2D eigenvalue weighted by Gasteiger charge is 2.47. The lowest BCUT2D eigenvalue weighted by Crippen LogP contribution is -2.29. The van der Waals surface area contributed by atoms with Gasteiger partial charge in [-0.15, -0.1) is 0 Å². The van der Waals surface area contributed by atoms with Gasteiger partial charge in [-0.25, -0.2) is 0 Å². The van der Waals surface area contributed by atoms with Crippen LogP contribution in [-0.4, -0.2) is 38.0 Å². The molecule has 1 saturated heterocycles. The Balaban J connectivity index is 1.91. The first-order valence-electron chi connectivity index (χ1n) is 11.0. The van der Waals surface area contributed by atoms with Crippen LogP contribution in [0, 0.1) is 0 Å². The minimum absolute atomic E-state index is 0.0736. The van der Waals surface area contributed by atoms with E-state index in [0.29, 0.717) is 5.56 Å². The number of hydrogen-bond acceptors (Lipinski definition) is 5. The first-order chi connectivity index (χ1) is 17.4. The molecule has 192 valence electrons. The van der Waals surface area contributed by atoms with E-state index in [2.05, 4.69) is 0 Å². The molecule has 0 aliphatic carbocycles. The summed E-state index contributed by atoms with van der Waals surface area (Å²) in [6, 6.07) is 14.1. The van der Waals surface area contributed by atoms with E-state index >= 15 is 0 Å². The van der Waals surface area contributed by atoms with Crippen molar-refractivity contribution in [2.24, 2.45) is 0 Å². The number of amides is 1. The number of aliphatic hydroxyl groups is 1. The third-order valence-corrected chi connectivity index (χ3v) is 6.38. The molecule has 10 heteroatoms. The lowest BCUT2D eigenvalue weighted by molar-refractivity contribution is -0.137. The summed E-state index contributed by atoms with van der Waals surface area (Å²) in [5, 5.41) is 11.5. The quantitative estimate of drug-likeness (QED) is 0.247. The first kappa shape index (κ1) is 26.1. The fraction of sp³-hybridized carbons (Fsp3) is 0.185. The Labute approximate surface area is 216 Å². The molecule has 6 nitrogen and oxygen atoms in total. The summed E-state index contributed by atoms with van der Waals surface area (Å²) < 4.78 is 44.6. The van der Waals surface area contributed by atoms with Crippen molar-refractivity contribution >= 4 is 40.4 Å². The molecule has 1 atom stereocenters. The standard InChI is InChI=1S/C27H22ClF3N2O4/c1-32(2)18-9-4-15(5-10-18)23-22(24(34)16-6-13-20(28)21(14-16)37-3)25(35)26(36)33(23)19-11-7-17(8-12-19)27(29,30)31/h4-14,23,34H,1-3H3/b24-22-. The third kappa shape index (κ3) is 4.86. The van der Waals surface area contributed by atoms with Gasteiger partial charge in [0.15, 0.2) is 0 Å². The number of ketones is 1. The van der Waals surface area contributed by atoms with E-state index in [-0.39, 0.29) is 27.6 Å². The van der Waals surface area contributed by atoms with E-state index in [1.54, 1.807) is 24.3 Å². The van der Waals surface area contributed by atoms with Crippen molar-refractivity contribution in [1.29, 1.82) is 0 Å². The van der Waals surface area contributed by atoms with Crippen molar-refractivity contribution < 1.29 is 32.6 Å². The number of methoxy groups -OCH3 is 1. The van der Waals surface area contributed by atoms with Gasteiger partial charge >= 0.3 is 6.18 Å². The second kappa shape index (κ2) is 9.82. The Hall–Kier alpha value is -3.98. The summed E-state index contributed by atoms with van der Waals surface area (Å²) in [5.41, 5.74) is 0.468. The number of alkyl halides is 3. The van der Waals surface area contributed by atoms with Crippen molar-refractivity contribution in [3.8, 4) is 5.75 Å². The number of Topliss-reactive ketones (excluding diaryl/α,β-unsaturated/α-hetero) is 1. The van der Waals surface area contributed by atoms with Gasteiger partial charge in [-0.05, 0) is 60.2 Å². The maximum atomic E-state index is 13.3. The normalized spacial score (nSPS) is 17.3. The predicted molar refractivity (Wildman–Crippen MR) is 135 cm³/mol. The Morgan fingerprint density at radius 3 is 2.16 bits per heavy atom. The molecule has 0 bridgehead atoms. The van der Waals surface area contributed by atoms with Crippen LogP contribution in [0.1, 0.15) is 22.7 Å². The van der Waals surface area contributed by atoms with Crippen molar-refractivity contribution in [2.75, 3.05) is 31.0 Å². The Bertz CT molecular complexity index is 1380. The SMILES string of the molecule is COc1cc(/C(O)=C2/C(=O)C(=O)N(c3ccc(C(F)(F)F)cc3)C2c2ccc(N(C)C)cc2)ccc1Cl. The van der Waals surface area contributed by atoms with Gasteiger partial charge in [-0.3, -0.25) is 14.5 Å². The molecule has 3 aromatic carbocycles. The molecule has 3 aromatic rings. The summed E-state index contributed by atoms with van der Waals surface area (Å²) >= 11 is 6.09. The highest BCUT2D eigenvalue weighted by molar-refractivity contribution is 6.51. The summed E-state index contributed by atoms with van der Waals surface area (Å²) in [4.78, 5) is 29.4. The molecule has 1 amide bonds. The topological polar surface area (TPSA) is 70.1 Å². The molecule has 1 unspecified atom stereocenters. The zero-order chi connectivity index (χ0) is 27.1. The van der Waals surface area contributed by atoms with Crippen LogP contribution in [-0.2, 0) is 15.8 Å². The molecular weight excluding hydrogens is 509 g/mol. The van der Waals surface area contributed by atoms with Gasteiger partial charge in [-0.1, -0.05) is 23.7 Å². The van der Waals surface area contributed by atoms with E-state index in [1.165, 1.54) is 25.3 Å². The molecule has 0 radical (unpaired) electrons. The van der Waals surface area contributed by atoms with Gasteiger partial charge in [0.05, 0.1) is 29.3 Å². The monoisotopic (exact) mass is 530 g/mol. The van der Waals surface area contributed by atoms with Gasteiger partial charge in [0, 0.05) is 31.0 Å². The Morgan fingerprint density at radius 2 is 1.62 bits per heavy atom. The number of carbonyl (C=O) groups excluding carboxylic acids is 2. The summed E-state index contributed by atoms with van der Waals surface area (Å²) in [6.45, 7) is 0. The second-order valence-corrected chi connectivity index (χ2v) is 8.96. The first-order valence-corrected chi connectivity index (χ1v) is 11.4. The molecule has 0 spiro atoms. The van der Waals surface area contributed by atoms with Crippen molar-refractivity contribution in [1.82, 2.24) is 0 Å². The molecule has 1 fully saturated rings. The molecule has 1 N–H and O–H groups in total. The van der Waals surface area contributed by atoms with Crippen LogP contribution in [0.2, 0.25) is 5.02 Å². The molecule has 4 rings (SSSR count). The summed E-state index contributed by atoms with van der Waals surface area (Å²) in [6.07, 6.45) is -4.57. The molecule has 1 aliphatic rings. The van der Waals surface area contributed by atoms with Crippen LogP contribution >= 0.6 is 11.6 Å². The number of aliphatic hydroxyl groups excluding tert-OH is 1. The fourth-order valence-corrected chi connectivity index (χ4v) is 4.34. The predicted octanol–water partition coefficient (Wildman–Crippen LogP) is 6.06. The lowest BCUT2D eigenvalue weighted by atomic mass is 9.94. The van der Waals surface area contributed by atoms with Gasteiger partial charge in [0.2, 0.25) is 0 Å². The van der Waals surface area contributed by atoms with Gasteiger partial charge in [-0.2, -0.15) is 13.2 Å². The van der Waals surface area contributed by atoms with Crippen LogP contribution in [0.15, 0.2) is 72.3 Å². The summed E-state index contributed by atoms with van der Waals surface area (Å²) in [5.74, 6) is -2.18. The van der Waals surface area contributed by atoms with E-state index in [9.17, 15) is 27.9 Å². The zero-order valence-electron chi connectivity index (χ0n) is 20.0. The maximum absolute atomic E-state index is 13.3. The maximum Gasteiger partial charge on any atom is 0.416 e. The molecule has 37 heavy (non-hydrogen) atoms. The average molecular weight is 531 g/mol. The number of rotatable bonds is 5. The second-order valence-electron chi connectivity index (χ2n) is 8.55. The van der Waals surface area contributed by atoms with Gasteiger partial charge < -0.3 is 14.7 Å². The fourth-order valence-electron chi connectivity index (χ4n) is 4.14. The Kier molecular flexibility index (Phi) is 6.92. The van der Waals surface area contributed by atoms with Crippen molar-refractivity contribution in [3.05, 3.63) is 94.0 Å². The van der Waals surface area contributed by atoms with E-state index in [4.69, 9.17) is 16.3 Å². The van der Waals surface area contributed by atoms with Crippen LogP contribution in [0.3, 0.4) is 0 Å². The van der Waals surface area contributed by atoms with E-state index in [1.807, 2.05) is 19.0 Å². The highest BCUT2D eigenvalue weighted by Crippen LogP contribution is 2.43. The summed E-state index contributed by atoms with van der Waals surface area (Å²) in [7, 11) is 5.08. The third-order valence-electron chi connectivity index (χ3n) is 6.07. The van der Waals surface area contributed by atoms with Crippen molar-refractivity contribution in [2.45, 2.75) is 12.2 Å². The number of anilines is 2. The van der Waals surface area contributed by atoms with Gasteiger partial charge in [0.1, 0.15) is 11.5 Å². The van der Waals surface area contributed by atoms with Crippen molar-refractivity contribution in [3.63, 3.8) is 0 Å². The number of nitrogens with zero attached hydrogens (tertiary/aromatic N) is 2. The largest absolute Gasteiger partial charge is 0.507 e. The van der Waals surface area contributed by atoms with Gasteiger partial charge in [0.25, 0.3) is 11.7 Å². The molecule has 0 saturated carbocycles.